The molecule has 0 saturated carbocycles. The second kappa shape index (κ2) is 4.40. The molecular weight excluding hydrogens is 267 g/mol. The maximum absolute atomic E-state index is 13.2. The summed E-state index contributed by atoms with van der Waals surface area (Å²) in [4.78, 5) is 19.7. The first-order valence-electron chi connectivity index (χ1n) is 5.37. The monoisotopic (exact) mass is 274 g/mol. The van der Waals surface area contributed by atoms with Crippen LogP contribution in [0, 0.1) is 5.82 Å². The van der Waals surface area contributed by atoms with E-state index in [1.807, 2.05) is 0 Å². The Hall–Kier alpha value is -2.34. The Morgan fingerprint density at radius 1 is 1.26 bits per heavy atom. The Bertz CT molecular complexity index is 772. The molecule has 0 spiro atoms. The molecule has 3 aromatic rings. The molecule has 0 atom stereocenters. The van der Waals surface area contributed by atoms with Gasteiger partial charge in [-0.05, 0) is 24.3 Å². The zero-order valence-electron chi connectivity index (χ0n) is 9.50. The van der Waals surface area contributed by atoms with Gasteiger partial charge in [0, 0.05) is 10.8 Å². The fourth-order valence-electron chi connectivity index (χ4n) is 1.85. The number of fused-ring (bicyclic) bond motifs is 1. The average molecular weight is 274 g/mol. The van der Waals surface area contributed by atoms with Crippen molar-refractivity contribution in [3.05, 3.63) is 46.5 Å². The third-order valence-corrected chi connectivity index (χ3v) is 3.28. The van der Waals surface area contributed by atoms with Gasteiger partial charge < -0.3 is 5.11 Å². The molecule has 0 saturated heterocycles. The van der Waals surface area contributed by atoms with Crippen LogP contribution in [0.15, 0.2) is 35.2 Å². The third-order valence-electron chi connectivity index (χ3n) is 2.70. The van der Waals surface area contributed by atoms with Crippen molar-refractivity contribution in [1.29, 1.82) is 0 Å². The molecular formula is C13H7FN2O2S. The van der Waals surface area contributed by atoms with Gasteiger partial charge in [0.05, 0.1) is 28.0 Å². The van der Waals surface area contributed by atoms with Crippen LogP contribution < -0.4 is 0 Å². The summed E-state index contributed by atoms with van der Waals surface area (Å²) >= 11 is 1.40. The minimum absolute atomic E-state index is 0.0208. The Morgan fingerprint density at radius 3 is 2.79 bits per heavy atom. The smallest absolute Gasteiger partial charge is 0.336 e. The van der Waals surface area contributed by atoms with Crippen molar-refractivity contribution in [3.8, 4) is 11.4 Å². The van der Waals surface area contributed by atoms with Crippen LogP contribution in [-0.4, -0.2) is 21.0 Å². The largest absolute Gasteiger partial charge is 0.478 e. The normalized spacial score (nSPS) is 10.8. The van der Waals surface area contributed by atoms with Crippen LogP contribution in [0.1, 0.15) is 10.4 Å². The van der Waals surface area contributed by atoms with E-state index >= 15 is 0 Å². The number of halogens is 1. The Kier molecular flexibility index (Phi) is 2.72. The molecule has 1 N–H and O–H groups in total. The Labute approximate surface area is 111 Å². The fraction of sp³-hybridized carbons (Fsp3) is 0. The van der Waals surface area contributed by atoms with Crippen molar-refractivity contribution < 1.29 is 14.3 Å². The highest BCUT2D eigenvalue weighted by Crippen LogP contribution is 2.25. The molecule has 19 heavy (non-hydrogen) atoms. The molecule has 0 fully saturated rings. The van der Waals surface area contributed by atoms with Crippen molar-refractivity contribution in [1.82, 2.24) is 9.97 Å². The van der Waals surface area contributed by atoms with E-state index in [0.717, 1.165) is 0 Å². The molecule has 2 heterocycles. The summed E-state index contributed by atoms with van der Waals surface area (Å²) in [6, 6.07) is 5.31. The van der Waals surface area contributed by atoms with E-state index in [2.05, 4.69) is 9.97 Å². The molecule has 0 aliphatic rings. The van der Waals surface area contributed by atoms with Gasteiger partial charge in [-0.3, -0.25) is 0 Å². The zero-order valence-corrected chi connectivity index (χ0v) is 10.3. The lowest BCUT2D eigenvalue weighted by molar-refractivity contribution is 0.0699. The minimum Gasteiger partial charge on any atom is -0.478 e. The predicted molar refractivity (Wildman–Crippen MR) is 69.8 cm³/mol. The number of aromatic carboxylic acids is 1. The van der Waals surface area contributed by atoms with Gasteiger partial charge in [-0.2, -0.15) is 0 Å². The average Bonchev–Trinajstić information content (AvgIpc) is 2.91. The Morgan fingerprint density at radius 2 is 2.11 bits per heavy atom. The van der Waals surface area contributed by atoms with Crippen LogP contribution in [0.5, 0.6) is 0 Å². The first-order chi connectivity index (χ1) is 9.15. The molecule has 0 aliphatic heterocycles. The number of hydrogen-bond donors (Lipinski definition) is 1. The summed E-state index contributed by atoms with van der Waals surface area (Å²) in [5.74, 6) is -1.60. The number of carboxylic acids is 1. The maximum atomic E-state index is 13.2. The summed E-state index contributed by atoms with van der Waals surface area (Å²) < 4.78 is 13.2. The summed E-state index contributed by atoms with van der Waals surface area (Å²) in [5, 5.41) is 11.3. The maximum Gasteiger partial charge on any atom is 0.336 e. The molecule has 0 bridgehead atoms. The minimum atomic E-state index is -1.12. The highest BCUT2D eigenvalue weighted by Gasteiger charge is 2.14. The van der Waals surface area contributed by atoms with Crippen LogP contribution in [-0.2, 0) is 0 Å². The van der Waals surface area contributed by atoms with Gasteiger partial charge in [-0.1, -0.05) is 0 Å². The molecule has 0 radical (unpaired) electrons. The van der Waals surface area contributed by atoms with E-state index in [1.54, 1.807) is 10.9 Å². The van der Waals surface area contributed by atoms with E-state index in [4.69, 9.17) is 0 Å². The van der Waals surface area contributed by atoms with Gasteiger partial charge in [0.15, 0.2) is 0 Å². The van der Waals surface area contributed by atoms with Gasteiger partial charge >= 0.3 is 5.97 Å². The summed E-state index contributed by atoms with van der Waals surface area (Å²) in [6.07, 6.45) is 0. The van der Waals surface area contributed by atoms with Gasteiger partial charge in [-0.15, -0.1) is 11.3 Å². The van der Waals surface area contributed by atoms with Crippen molar-refractivity contribution in [2.24, 2.45) is 0 Å². The van der Waals surface area contributed by atoms with Crippen LogP contribution in [0.25, 0.3) is 22.3 Å². The van der Waals surface area contributed by atoms with E-state index in [-0.39, 0.29) is 10.9 Å². The van der Waals surface area contributed by atoms with Gasteiger partial charge in [-0.25, -0.2) is 19.2 Å². The third kappa shape index (κ3) is 2.06. The standard InChI is InChI=1S/C13H7FN2O2S/c14-7-1-2-10-8(3-7)9(13(17)18)4-11(16-10)12-5-19-6-15-12/h1-6H,(H,17,18). The number of aromatic nitrogens is 2. The highest BCUT2D eigenvalue weighted by molar-refractivity contribution is 7.07. The number of rotatable bonds is 2. The number of pyridine rings is 1. The van der Waals surface area contributed by atoms with E-state index in [1.165, 1.54) is 35.6 Å². The number of carbonyl (C=O) groups is 1. The Balaban J connectivity index is 2.34. The van der Waals surface area contributed by atoms with Crippen molar-refractivity contribution in [2.75, 3.05) is 0 Å². The molecule has 3 rings (SSSR count). The molecule has 4 nitrogen and oxygen atoms in total. The quantitative estimate of drug-likeness (QED) is 0.779. The van der Waals surface area contributed by atoms with Crippen LogP contribution in [0.4, 0.5) is 4.39 Å². The molecule has 0 aliphatic carbocycles. The fourth-order valence-corrected chi connectivity index (χ4v) is 2.39. The highest BCUT2D eigenvalue weighted by atomic mass is 32.1. The molecule has 0 unspecified atom stereocenters. The van der Waals surface area contributed by atoms with Crippen LogP contribution >= 0.6 is 11.3 Å². The lowest BCUT2D eigenvalue weighted by atomic mass is 10.1. The van der Waals surface area contributed by atoms with E-state index < -0.39 is 11.8 Å². The molecule has 6 heteroatoms. The first-order valence-corrected chi connectivity index (χ1v) is 6.31. The number of nitrogens with zero attached hydrogens (tertiary/aromatic N) is 2. The zero-order chi connectivity index (χ0) is 13.4. The number of hydrogen-bond acceptors (Lipinski definition) is 4. The van der Waals surface area contributed by atoms with E-state index in [9.17, 15) is 14.3 Å². The van der Waals surface area contributed by atoms with Gasteiger partial charge in [0.25, 0.3) is 0 Å². The summed E-state index contributed by atoms with van der Waals surface area (Å²) in [7, 11) is 0. The lowest BCUT2D eigenvalue weighted by Crippen LogP contribution is -2.00. The van der Waals surface area contributed by atoms with E-state index in [0.29, 0.717) is 16.9 Å². The first kappa shape index (κ1) is 11.7. The summed E-state index contributed by atoms with van der Waals surface area (Å²) in [5.41, 5.74) is 3.18. The summed E-state index contributed by atoms with van der Waals surface area (Å²) in [6.45, 7) is 0. The van der Waals surface area contributed by atoms with Crippen molar-refractivity contribution in [2.45, 2.75) is 0 Å². The van der Waals surface area contributed by atoms with Gasteiger partial charge in [0.1, 0.15) is 5.82 Å². The second-order valence-electron chi connectivity index (χ2n) is 3.90. The number of benzene rings is 1. The van der Waals surface area contributed by atoms with Crippen molar-refractivity contribution in [3.63, 3.8) is 0 Å². The van der Waals surface area contributed by atoms with Crippen LogP contribution in [0.3, 0.4) is 0 Å². The number of carboxylic acid groups (broad SMARTS) is 1. The lowest BCUT2D eigenvalue weighted by Gasteiger charge is -2.05. The van der Waals surface area contributed by atoms with Crippen molar-refractivity contribution >= 4 is 28.2 Å². The second-order valence-corrected chi connectivity index (χ2v) is 4.61. The van der Waals surface area contributed by atoms with Gasteiger partial charge in [0.2, 0.25) is 0 Å². The van der Waals surface area contributed by atoms with Crippen LogP contribution in [0.2, 0.25) is 0 Å². The molecule has 1 aromatic carbocycles. The topological polar surface area (TPSA) is 63.1 Å². The molecule has 2 aromatic heterocycles. The predicted octanol–water partition coefficient (Wildman–Crippen LogP) is 3.20. The molecule has 0 amide bonds. The SMILES string of the molecule is O=C(O)c1cc(-c2cscn2)nc2ccc(F)cc12. The molecule has 94 valence electrons. The number of thiazole rings is 1.